The first-order chi connectivity index (χ1) is 15.5. The summed E-state index contributed by atoms with van der Waals surface area (Å²) in [5, 5.41) is 7.92. The van der Waals surface area contributed by atoms with E-state index in [-0.39, 0.29) is 10.8 Å². The Hall–Kier alpha value is -2.84. The SMILES string of the molecule is CC(=O)O.Cc1ncnc(CCCc2ccc(Oc3ccc(C(F)(F)F)cc3Cl)cc2)c1Cl. The first kappa shape index (κ1) is 26.4. The number of hydrogen-bond acceptors (Lipinski definition) is 4. The van der Waals surface area contributed by atoms with Crippen molar-refractivity contribution in [3.63, 3.8) is 0 Å². The van der Waals surface area contributed by atoms with E-state index in [1.54, 1.807) is 12.1 Å². The van der Waals surface area contributed by atoms with Gasteiger partial charge in [-0.05, 0) is 62.1 Å². The van der Waals surface area contributed by atoms with E-state index in [4.69, 9.17) is 37.8 Å². The maximum Gasteiger partial charge on any atom is 0.416 e. The maximum atomic E-state index is 12.7. The summed E-state index contributed by atoms with van der Waals surface area (Å²) in [5.41, 5.74) is 1.87. The van der Waals surface area contributed by atoms with Gasteiger partial charge in [-0.3, -0.25) is 4.79 Å². The normalized spacial score (nSPS) is 10.9. The van der Waals surface area contributed by atoms with Crippen LogP contribution in [0.2, 0.25) is 10.0 Å². The predicted octanol–water partition coefficient (Wildman–Crippen LogP) is 7.17. The summed E-state index contributed by atoms with van der Waals surface area (Å²) in [4.78, 5) is 17.3. The van der Waals surface area contributed by atoms with Gasteiger partial charge >= 0.3 is 6.18 Å². The molecule has 1 N–H and O–H groups in total. The molecule has 0 aliphatic carbocycles. The van der Waals surface area contributed by atoms with E-state index in [9.17, 15) is 13.2 Å². The molecule has 0 fully saturated rings. The molecule has 10 heteroatoms. The van der Waals surface area contributed by atoms with Gasteiger partial charge in [-0.1, -0.05) is 35.3 Å². The number of carboxylic acid groups (broad SMARTS) is 1. The van der Waals surface area contributed by atoms with Crippen LogP contribution in [0.25, 0.3) is 0 Å². The van der Waals surface area contributed by atoms with Gasteiger partial charge in [0.1, 0.15) is 17.8 Å². The van der Waals surface area contributed by atoms with Gasteiger partial charge in [-0.25, -0.2) is 9.97 Å². The minimum atomic E-state index is -4.45. The first-order valence-corrected chi connectivity index (χ1v) is 10.5. The Bertz CT molecular complexity index is 1090. The molecule has 33 heavy (non-hydrogen) atoms. The zero-order valence-electron chi connectivity index (χ0n) is 17.8. The van der Waals surface area contributed by atoms with Crippen molar-refractivity contribution in [1.29, 1.82) is 0 Å². The molecule has 0 aliphatic heterocycles. The van der Waals surface area contributed by atoms with Crippen molar-refractivity contribution in [2.45, 2.75) is 39.3 Å². The second kappa shape index (κ2) is 11.9. The molecule has 0 radical (unpaired) electrons. The van der Waals surface area contributed by atoms with Crippen LogP contribution in [-0.2, 0) is 23.8 Å². The van der Waals surface area contributed by atoms with Crippen LogP contribution in [0.5, 0.6) is 11.5 Å². The Morgan fingerprint density at radius 2 is 1.70 bits per heavy atom. The molecule has 0 saturated heterocycles. The molecule has 1 heterocycles. The van der Waals surface area contributed by atoms with Crippen LogP contribution in [0.15, 0.2) is 48.8 Å². The maximum absolute atomic E-state index is 12.7. The molecule has 0 unspecified atom stereocenters. The lowest BCUT2D eigenvalue weighted by atomic mass is 10.1. The predicted molar refractivity (Wildman–Crippen MR) is 120 cm³/mol. The third-order valence-corrected chi connectivity index (χ3v) is 5.11. The Balaban J connectivity index is 0.000000890. The summed E-state index contributed by atoms with van der Waals surface area (Å²) < 4.78 is 43.7. The number of carboxylic acids is 1. The smallest absolute Gasteiger partial charge is 0.416 e. The van der Waals surface area contributed by atoms with Crippen molar-refractivity contribution in [2.24, 2.45) is 0 Å². The average Bonchev–Trinajstić information content (AvgIpc) is 2.72. The van der Waals surface area contributed by atoms with Crippen molar-refractivity contribution >= 4 is 29.2 Å². The number of carbonyl (C=O) groups is 1. The van der Waals surface area contributed by atoms with E-state index in [1.807, 2.05) is 19.1 Å². The lowest BCUT2D eigenvalue weighted by Gasteiger charge is -2.11. The number of halogens is 5. The van der Waals surface area contributed by atoms with Crippen LogP contribution in [0.1, 0.15) is 35.9 Å². The zero-order valence-corrected chi connectivity index (χ0v) is 19.3. The van der Waals surface area contributed by atoms with Crippen LogP contribution in [-0.4, -0.2) is 21.0 Å². The summed E-state index contributed by atoms with van der Waals surface area (Å²) >= 11 is 12.1. The minimum absolute atomic E-state index is 0.0964. The Morgan fingerprint density at radius 3 is 2.27 bits per heavy atom. The number of aromatic nitrogens is 2. The number of rotatable bonds is 6. The molecule has 0 spiro atoms. The van der Waals surface area contributed by atoms with Gasteiger partial charge in [-0.2, -0.15) is 13.2 Å². The quantitative estimate of drug-likeness (QED) is 0.388. The highest BCUT2D eigenvalue weighted by atomic mass is 35.5. The van der Waals surface area contributed by atoms with Gasteiger partial charge in [0.25, 0.3) is 5.97 Å². The van der Waals surface area contributed by atoms with Crippen LogP contribution in [0.3, 0.4) is 0 Å². The Morgan fingerprint density at radius 1 is 1.06 bits per heavy atom. The molecular weight excluding hydrogens is 480 g/mol. The first-order valence-electron chi connectivity index (χ1n) is 9.76. The highest BCUT2D eigenvalue weighted by Gasteiger charge is 2.31. The van der Waals surface area contributed by atoms with Gasteiger partial charge < -0.3 is 9.84 Å². The molecule has 0 bridgehead atoms. The largest absolute Gasteiger partial charge is 0.481 e. The molecule has 0 aliphatic rings. The van der Waals surface area contributed by atoms with Gasteiger partial charge in [0.05, 0.1) is 27.0 Å². The van der Waals surface area contributed by atoms with Gasteiger partial charge in [0, 0.05) is 6.92 Å². The monoisotopic (exact) mass is 500 g/mol. The third kappa shape index (κ3) is 8.55. The van der Waals surface area contributed by atoms with E-state index >= 15 is 0 Å². The molecule has 2 aromatic carbocycles. The van der Waals surface area contributed by atoms with Gasteiger partial charge in [0.15, 0.2) is 0 Å². The molecule has 1 aromatic heterocycles. The topological polar surface area (TPSA) is 72.3 Å². The highest BCUT2D eigenvalue weighted by Crippen LogP contribution is 2.36. The lowest BCUT2D eigenvalue weighted by Crippen LogP contribution is -2.04. The summed E-state index contributed by atoms with van der Waals surface area (Å²) in [6.45, 7) is 2.93. The summed E-state index contributed by atoms with van der Waals surface area (Å²) in [6, 6.07) is 10.3. The van der Waals surface area contributed by atoms with Crippen LogP contribution in [0, 0.1) is 6.92 Å². The van der Waals surface area contributed by atoms with E-state index in [0.29, 0.717) is 10.8 Å². The fraction of sp³-hybridized carbons (Fsp3) is 0.261. The van der Waals surface area contributed by atoms with Crippen molar-refractivity contribution in [3.8, 4) is 11.5 Å². The summed E-state index contributed by atoms with van der Waals surface area (Å²) in [5.74, 6) is -0.175. The Labute approximate surface area is 199 Å². The Kier molecular flexibility index (Phi) is 9.49. The van der Waals surface area contributed by atoms with Crippen molar-refractivity contribution in [1.82, 2.24) is 9.97 Å². The summed E-state index contributed by atoms with van der Waals surface area (Å²) in [7, 11) is 0. The van der Waals surface area contributed by atoms with E-state index in [1.165, 1.54) is 12.4 Å². The van der Waals surface area contributed by atoms with Gasteiger partial charge in [0.2, 0.25) is 0 Å². The number of nitrogens with zero attached hydrogens (tertiary/aromatic N) is 2. The van der Waals surface area contributed by atoms with E-state index in [0.717, 1.165) is 55.3 Å². The highest BCUT2D eigenvalue weighted by molar-refractivity contribution is 6.32. The number of hydrogen-bond donors (Lipinski definition) is 1. The van der Waals surface area contributed by atoms with Crippen molar-refractivity contribution in [2.75, 3.05) is 0 Å². The molecule has 5 nitrogen and oxygen atoms in total. The molecule has 176 valence electrons. The second-order valence-corrected chi connectivity index (χ2v) is 7.77. The molecule has 0 amide bonds. The fourth-order valence-electron chi connectivity index (χ4n) is 2.75. The van der Waals surface area contributed by atoms with Crippen molar-refractivity contribution in [3.05, 3.63) is 81.4 Å². The standard InChI is InChI=1S/C21H17Cl2F3N2O.C2H4O2/c1-13-20(23)18(28-12-27-13)4-2-3-14-5-8-16(9-6-14)29-19-10-7-15(11-17(19)22)21(24,25)26;1-2(3)4/h5-12H,2-4H2,1H3;1H3,(H,3,4). The number of benzene rings is 2. The molecule has 3 aromatic rings. The molecule has 0 atom stereocenters. The number of alkyl halides is 3. The molecular formula is C23H21Cl2F3N2O3. The van der Waals surface area contributed by atoms with Gasteiger partial charge in [-0.15, -0.1) is 0 Å². The number of aliphatic carboxylic acids is 1. The fourth-order valence-corrected chi connectivity index (χ4v) is 3.16. The van der Waals surface area contributed by atoms with Crippen LogP contribution in [0.4, 0.5) is 13.2 Å². The molecule has 3 rings (SSSR count). The van der Waals surface area contributed by atoms with E-state index < -0.39 is 17.7 Å². The van der Waals surface area contributed by atoms with Crippen LogP contribution < -0.4 is 4.74 Å². The number of ether oxygens (including phenoxy) is 1. The van der Waals surface area contributed by atoms with Crippen LogP contribution >= 0.6 is 23.2 Å². The van der Waals surface area contributed by atoms with E-state index in [2.05, 4.69) is 9.97 Å². The summed E-state index contributed by atoms with van der Waals surface area (Å²) in [6.07, 6.45) is -0.517. The minimum Gasteiger partial charge on any atom is -0.481 e. The lowest BCUT2D eigenvalue weighted by molar-refractivity contribution is -0.137. The average molecular weight is 501 g/mol. The number of aryl methyl sites for hydroxylation is 3. The second-order valence-electron chi connectivity index (χ2n) is 6.98. The zero-order chi connectivity index (χ0) is 24.6. The molecule has 0 saturated carbocycles. The third-order valence-electron chi connectivity index (χ3n) is 4.33. The van der Waals surface area contributed by atoms with Crippen molar-refractivity contribution < 1.29 is 27.8 Å².